The molecule has 0 bridgehead atoms. The summed E-state index contributed by atoms with van der Waals surface area (Å²) in [4.78, 5) is 46.9. The molecule has 1 amide bonds. The van der Waals surface area contributed by atoms with Crippen molar-refractivity contribution in [2.24, 2.45) is 22.2 Å². The Morgan fingerprint density at radius 2 is 1.91 bits per heavy atom. The van der Waals surface area contributed by atoms with Crippen LogP contribution in [0.15, 0.2) is 23.0 Å². The van der Waals surface area contributed by atoms with Crippen LogP contribution in [-0.2, 0) is 9.59 Å². The molecule has 1 aromatic heterocycles. The molecule has 0 unspecified atom stereocenters. The number of amides is 1. The van der Waals surface area contributed by atoms with E-state index in [2.05, 4.69) is 23.8 Å². The lowest BCUT2D eigenvalue weighted by atomic mass is 9.82. The van der Waals surface area contributed by atoms with Crippen molar-refractivity contribution in [1.29, 1.82) is 0 Å². The average molecular weight is 484 g/mol. The van der Waals surface area contributed by atoms with E-state index in [1.807, 2.05) is 20.8 Å². The molecule has 0 atom stereocenters. The first-order valence-corrected chi connectivity index (χ1v) is 12.5. The first-order chi connectivity index (χ1) is 16.0. The zero-order valence-corrected chi connectivity index (χ0v) is 21.4. The monoisotopic (exact) mass is 483 g/mol. The molecule has 1 aliphatic carbocycles. The fourth-order valence-corrected chi connectivity index (χ4v) is 4.91. The van der Waals surface area contributed by atoms with Gasteiger partial charge in [-0.2, -0.15) is 0 Å². The summed E-state index contributed by atoms with van der Waals surface area (Å²) in [6.07, 6.45) is 6.55. The summed E-state index contributed by atoms with van der Waals surface area (Å²) >= 11 is 1.04. The molecule has 2 heterocycles. The Morgan fingerprint density at radius 1 is 1.24 bits per heavy atom. The number of carbonyl (C=O) groups is 3. The van der Waals surface area contributed by atoms with Crippen molar-refractivity contribution in [2.45, 2.75) is 53.4 Å². The molecule has 0 aromatic carbocycles. The summed E-state index contributed by atoms with van der Waals surface area (Å²) < 4.78 is 0. The molecule has 1 N–H and O–H groups in total. The van der Waals surface area contributed by atoms with Gasteiger partial charge < -0.3 is 14.9 Å². The number of nitrogens with zero attached hydrogens (tertiary/aromatic N) is 3. The van der Waals surface area contributed by atoms with Crippen molar-refractivity contribution in [1.82, 2.24) is 4.90 Å². The number of likely N-dealkylation sites (N-methyl/N-ethyl adjacent to an activating group) is 1. The average Bonchev–Trinajstić information content (AvgIpc) is 3.20. The number of ketones is 1. The van der Waals surface area contributed by atoms with E-state index in [4.69, 9.17) is 0 Å². The Bertz CT molecular complexity index is 1080. The minimum absolute atomic E-state index is 0.0209. The maximum Gasteiger partial charge on any atom is 0.348 e. The van der Waals surface area contributed by atoms with Crippen LogP contribution in [0.4, 0.5) is 5.69 Å². The smallest absolute Gasteiger partial charge is 0.348 e. The van der Waals surface area contributed by atoms with Gasteiger partial charge in [0.1, 0.15) is 10.6 Å². The van der Waals surface area contributed by atoms with Crippen molar-refractivity contribution in [3.63, 3.8) is 0 Å². The van der Waals surface area contributed by atoms with Crippen LogP contribution in [-0.4, -0.2) is 54.0 Å². The van der Waals surface area contributed by atoms with E-state index in [1.165, 1.54) is 11.1 Å². The van der Waals surface area contributed by atoms with Crippen molar-refractivity contribution in [3.8, 4) is 11.8 Å². The van der Waals surface area contributed by atoms with Crippen LogP contribution in [0.1, 0.15) is 67.9 Å². The van der Waals surface area contributed by atoms with Gasteiger partial charge in [0.2, 0.25) is 5.91 Å². The van der Waals surface area contributed by atoms with Gasteiger partial charge in [-0.05, 0) is 58.4 Å². The molecule has 0 spiro atoms. The summed E-state index contributed by atoms with van der Waals surface area (Å²) in [5.74, 6) is 4.89. The van der Waals surface area contributed by atoms with Crippen molar-refractivity contribution >= 4 is 40.9 Å². The summed E-state index contributed by atoms with van der Waals surface area (Å²) in [6.45, 7) is 8.36. The number of anilines is 1. The van der Waals surface area contributed by atoms with Crippen LogP contribution in [0, 0.1) is 29.1 Å². The molecule has 0 radical (unpaired) electrons. The lowest BCUT2D eigenvalue weighted by Gasteiger charge is -2.31. The van der Waals surface area contributed by atoms with Gasteiger partial charge >= 0.3 is 5.97 Å². The van der Waals surface area contributed by atoms with Crippen molar-refractivity contribution < 1.29 is 19.5 Å². The lowest BCUT2D eigenvalue weighted by Crippen LogP contribution is -2.43. The number of carboxylic acids is 1. The number of Topliss-reactive ketones (excluding diaryl/α,β-unsaturated/α-hetero) is 1. The van der Waals surface area contributed by atoms with Crippen LogP contribution >= 0.6 is 11.3 Å². The lowest BCUT2D eigenvalue weighted by molar-refractivity contribution is -0.125. The summed E-state index contributed by atoms with van der Waals surface area (Å²) in [5, 5.41) is 9.91. The zero-order valence-electron chi connectivity index (χ0n) is 20.6. The van der Waals surface area contributed by atoms with Gasteiger partial charge in [-0.25, -0.2) is 4.79 Å². The Labute approximate surface area is 205 Å². The van der Waals surface area contributed by atoms with E-state index in [0.717, 1.165) is 37.0 Å². The third-order valence-corrected chi connectivity index (χ3v) is 7.07. The molecular formula is C26H33N3O4S. The Kier molecular flexibility index (Phi) is 7.98. The minimum atomic E-state index is -1.13. The highest BCUT2D eigenvalue weighted by molar-refractivity contribution is 7.15. The first kappa shape index (κ1) is 25.7. The van der Waals surface area contributed by atoms with Crippen molar-refractivity contribution in [3.05, 3.63) is 27.7 Å². The number of aliphatic imine (C=N–C) groups is 1. The maximum atomic E-state index is 13.7. The van der Waals surface area contributed by atoms with Crippen LogP contribution < -0.4 is 4.90 Å². The van der Waals surface area contributed by atoms with Crippen LogP contribution in [0.5, 0.6) is 0 Å². The SMILES string of the molecule is CC1CCC(C(=O)N(CC(=O)C2=CN=CCN2C)c2cc(C#CC(C)(C)C)sc2C(=O)O)CC1. The molecule has 8 heteroatoms. The number of thiophene rings is 1. The van der Waals surface area contributed by atoms with Gasteiger partial charge in [0, 0.05) is 24.6 Å². The van der Waals surface area contributed by atoms with E-state index in [-0.39, 0.29) is 40.1 Å². The molecule has 3 rings (SSSR count). The second-order valence-electron chi connectivity index (χ2n) is 10.2. The molecular weight excluding hydrogens is 450 g/mol. The van der Waals surface area contributed by atoms with Gasteiger partial charge in [-0.1, -0.05) is 18.8 Å². The number of aromatic carboxylic acids is 1. The Hall–Kier alpha value is -2.92. The Balaban J connectivity index is 2.01. The third kappa shape index (κ3) is 6.35. The van der Waals surface area contributed by atoms with Gasteiger partial charge in [-0.15, -0.1) is 11.3 Å². The largest absolute Gasteiger partial charge is 0.477 e. The molecule has 0 saturated heterocycles. The predicted octanol–water partition coefficient (Wildman–Crippen LogP) is 4.43. The molecule has 1 aliphatic heterocycles. The molecule has 2 aliphatic rings. The summed E-state index contributed by atoms with van der Waals surface area (Å²) in [6, 6.07) is 1.64. The summed E-state index contributed by atoms with van der Waals surface area (Å²) in [5.41, 5.74) is 0.392. The van der Waals surface area contributed by atoms with Gasteiger partial charge in [0.05, 0.1) is 29.9 Å². The quantitative estimate of drug-likeness (QED) is 0.605. The highest BCUT2D eigenvalue weighted by Crippen LogP contribution is 2.35. The van der Waals surface area contributed by atoms with E-state index in [0.29, 0.717) is 23.0 Å². The molecule has 1 fully saturated rings. The topological polar surface area (TPSA) is 90.3 Å². The first-order valence-electron chi connectivity index (χ1n) is 11.6. The molecule has 7 nitrogen and oxygen atoms in total. The van der Waals surface area contributed by atoms with Gasteiger partial charge in [0.15, 0.2) is 5.78 Å². The van der Waals surface area contributed by atoms with Crippen molar-refractivity contribution in [2.75, 3.05) is 25.0 Å². The number of carbonyl (C=O) groups excluding carboxylic acids is 2. The highest BCUT2D eigenvalue weighted by atomic mass is 32.1. The molecule has 1 saturated carbocycles. The molecule has 34 heavy (non-hydrogen) atoms. The number of rotatable bonds is 6. The number of hydrogen-bond donors (Lipinski definition) is 1. The fourth-order valence-electron chi connectivity index (χ4n) is 4.05. The standard InChI is InChI=1S/C26H33N3O4S/c1-17-6-8-18(9-7-17)24(31)29(16-22(30)21-15-27-12-13-28(21)5)20-14-19(10-11-26(2,3)4)34-23(20)25(32)33/h12,14-15,17-18H,6-9,13,16H2,1-5H3,(H,32,33). The van der Waals surface area contributed by atoms with Crippen LogP contribution in [0.25, 0.3) is 0 Å². The van der Waals surface area contributed by atoms with E-state index >= 15 is 0 Å². The fraction of sp³-hybridized carbons (Fsp3) is 0.538. The summed E-state index contributed by atoms with van der Waals surface area (Å²) in [7, 11) is 1.79. The minimum Gasteiger partial charge on any atom is -0.477 e. The highest BCUT2D eigenvalue weighted by Gasteiger charge is 2.34. The van der Waals surface area contributed by atoms with E-state index in [1.54, 1.807) is 24.2 Å². The predicted molar refractivity (Wildman–Crippen MR) is 135 cm³/mol. The van der Waals surface area contributed by atoms with Crippen LogP contribution in [0.3, 0.4) is 0 Å². The maximum absolute atomic E-state index is 13.7. The van der Waals surface area contributed by atoms with E-state index < -0.39 is 5.97 Å². The molecule has 1 aromatic rings. The van der Waals surface area contributed by atoms with Gasteiger partial charge in [0.25, 0.3) is 0 Å². The number of hydrogen-bond acceptors (Lipinski definition) is 6. The second kappa shape index (κ2) is 10.6. The zero-order chi connectivity index (χ0) is 25.0. The second-order valence-corrected chi connectivity index (χ2v) is 11.2. The normalized spacial score (nSPS) is 20.3. The molecule has 182 valence electrons. The van der Waals surface area contributed by atoms with E-state index in [9.17, 15) is 19.5 Å². The number of carboxylic acid groups (broad SMARTS) is 1. The van der Waals surface area contributed by atoms with Crippen LogP contribution in [0.2, 0.25) is 0 Å². The Morgan fingerprint density at radius 3 is 2.50 bits per heavy atom. The van der Waals surface area contributed by atoms with Gasteiger partial charge in [-0.3, -0.25) is 14.6 Å². The third-order valence-electron chi connectivity index (χ3n) is 6.05.